The lowest BCUT2D eigenvalue weighted by molar-refractivity contribution is -0.302. The lowest BCUT2D eigenvalue weighted by atomic mass is 9.81. The predicted molar refractivity (Wildman–Crippen MR) is 145 cm³/mol. The van der Waals surface area contributed by atoms with Gasteiger partial charge in [-0.05, 0) is 57.4 Å². The minimum absolute atomic E-state index is 0.0864. The van der Waals surface area contributed by atoms with Gasteiger partial charge in [0.25, 0.3) is 0 Å². The lowest BCUT2D eigenvalue weighted by Gasteiger charge is -2.51. The third kappa shape index (κ3) is 6.73. The van der Waals surface area contributed by atoms with Crippen LogP contribution in [0, 0.1) is 0 Å². The number of nitrogens with zero attached hydrogens (tertiary/aromatic N) is 1. The molecule has 4 rings (SSSR count). The Balaban J connectivity index is 1.62. The van der Waals surface area contributed by atoms with Crippen molar-refractivity contribution in [1.29, 1.82) is 0 Å². The number of carbonyl (C=O) groups is 2. The molecule has 1 aliphatic rings. The lowest BCUT2D eigenvalue weighted by Crippen LogP contribution is -2.60. The molecule has 0 saturated carbocycles. The van der Waals surface area contributed by atoms with E-state index in [-0.39, 0.29) is 30.4 Å². The fourth-order valence-corrected chi connectivity index (χ4v) is 5.43. The Morgan fingerprint density at radius 3 is 1.81 bits per heavy atom. The van der Waals surface area contributed by atoms with Crippen LogP contribution in [-0.2, 0) is 14.4 Å². The van der Waals surface area contributed by atoms with Crippen LogP contribution in [0.1, 0.15) is 80.5 Å². The maximum Gasteiger partial charge on any atom is 0.338 e. The summed E-state index contributed by atoms with van der Waals surface area (Å²) in [6, 6.07) is 29.3. The Morgan fingerprint density at radius 2 is 1.27 bits per heavy atom. The van der Waals surface area contributed by atoms with Crippen LogP contribution in [0.15, 0.2) is 91.0 Å². The monoisotopic (exact) mass is 499 g/mol. The molecule has 5 heteroatoms. The van der Waals surface area contributed by atoms with Crippen molar-refractivity contribution < 1.29 is 19.2 Å². The third-order valence-electron chi connectivity index (χ3n) is 6.96. The van der Waals surface area contributed by atoms with Crippen LogP contribution in [0.25, 0.3) is 0 Å². The van der Waals surface area contributed by atoms with Crippen LogP contribution in [0.5, 0.6) is 0 Å². The molecule has 3 aromatic carbocycles. The number of esters is 1. The summed E-state index contributed by atoms with van der Waals surface area (Å²) in [7, 11) is 0. The molecule has 0 aliphatic carbocycles. The summed E-state index contributed by atoms with van der Waals surface area (Å²) in [6.07, 6.45) is 1.18. The molecule has 0 bridgehead atoms. The summed E-state index contributed by atoms with van der Waals surface area (Å²) in [5.74, 6) is -0.173. The molecule has 0 amide bonds. The fourth-order valence-electron chi connectivity index (χ4n) is 5.43. The van der Waals surface area contributed by atoms with Gasteiger partial charge in [0, 0.05) is 29.8 Å². The highest BCUT2D eigenvalue weighted by molar-refractivity contribution is 5.89. The van der Waals surface area contributed by atoms with Gasteiger partial charge >= 0.3 is 5.97 Å². The maximum absolute atomic E-state index is 12.8. The SMILES string of the molecule is CC1(C)CC(=O)CC(C)(C)N1OC(CC(COC(=O)c1ccccc1)c1ccccc1)c1ccccc1. The molecule has 194 valence electrons. The van der Waals surface area contributed by atoms with E-state index in [1.807, 2.05) is 59.7 Å². The average Bonchev–Trinajstić information content (AvgIpc) is 2.88. The number of ketones is 1. The number of hydrogen-bond donors (Lipinski definition) is 0. The maximum atomic E-state index is 12.8. The quantitative estimate of drug-likeness (QED) is 0.299. The van der Waals surface area contributed by atoms with Crippen LogP contribution in [-0.4, -0.2) is 34.5 Å². The minimum atomic E-state index is -0.451. The molecule has 37 heavy (non-hydrogen) atoms. The van der Waals surface area contributed by atoms with Gasteiger partial charge in [-0.25, -0.2) is 4.79 Å². The molecular weight excluding hydrogens is 462 g/mol. The first-order chi connectivity index (χ1) is 17.7. The second-order valence-electron chi connectivity index (χ2n) is 11.1. The van der Waals surface area contributed by atoms with Crippen molar-refractivity contribution in [3.8, 4) is 0 Å². The van der Waals surface area contributed by atoms with E-state index in [0.717, 1.165) is 11.1 Å². The zero-order valence-corrected chi connectivity index (χ0v) is 22.2. The molecule has 5 nitrogen and oxygen atoms in total. The number of rotatable bonds is 9. The largest absolute Gasteiger partial charge is 0.461 e. The van der Waals surface area contributed by atoms with Crippen LogP contribution in [0.4, 0.5) is 0 Å². The van der Waals surface area contributed by atoms with E-state index < -0.39 is 11.1 Å². The molecular formula is C32H37NO4. The highest BCUT2D eigenvalue weighted by atomic mass is 16.7. The van der Waals surface area contributed by atoms with Gasteiger partial charge in [-0.3, -0.25) is 9.63 Å². The second-order valence-corrected chi connectivity index (χ2v) is 11.1. The van der Waals surface area contributed by atoms with Crippen LogP contribution in [0.3, 0.4) is 0 Å². The first kappa shape index (κ1) is 26.8. The summed E-state index contributed by atoms with van der Waals surface area (Å²) in [4.78, 5) is 32.1. The summed E-state index contributed by atoms with van der Waals surface area (Å²) in [5.41, 5.74) is 1.76. The van der Waals surface area contributed by atoms with Crippen molar-refractivity contribution in [1.82, 2.24) is 5.06 Å². The topological polar surface area (TPSA) is 55.8 Å². The molecule has 2 unspecified atom stereocenters. The molecule has 0 N–H and O–H groups in total. The number of hydrogen-bond acceptors (Lipinski definition) is 5. The molecule has 2 atom stereocenters. The van der Waals surface area contributed by atoms with Gasteiger partial charge in [-0.1, -0.05) is 78.9 Å². The number of piperidine rings is 1. The van der Waals surface area contributed by atoms with Crippen LogP contribution >= 0.6 is 0 Å². The molecule has 1 fully saturated rings. The van der Waals surface area contributed by atoms with E-state index in [4.69, 9.17) is 9.57 Å². The first-order valence-electron chi connectivity index (χ1n) is 13.0. The number of hydroxylamine groups is 2. The molecule has 0 aromatic heterocycles. The van der Waals surface area contributed by atoms with Crippen LogP contribution < -0.4 is 0 Å². The summed E-state index contributed by atoms with van der Waals surface area (Å²) >= 11 is 0. The smallest absolute Gasteiger partial charge is 0.338 e. The van der Waals surface area contributed by atoms with Gasteiger partial charge in [0.05, 0.1) is 12.2 Å². The number of Topliss-reactive ketones (excluding diaryl/α,β-unsaturated/α-hetero) is 1. The third-order valence-corrected chi connectivity index (χ3v) is 6.96. The number of ether oxygens (including phenoxy) is 1. The van der Waals surface area contributed by atoms with Gasteiger partial charge < -0.3 is 4.74 Å². The van der Waals surface area contributed by atoms with E-state index in [9.17, 15) is 9.59 Å². The molecule has 1 saturated heterocycles. The molecule has 0 spiro atoms. The Kier molecular flexibility index (Phi) is 8.25. The van der Waals surface area contributed by atoms with E-state index in [2.05, 4.69) is 52.0 Å². The zero-order valence-electron chi connectivity index (χ0n) is 22.2. The van der Waals surface area contributed by atoms with Crippen molar-refractivity contribution in [3.63, 3.8) is 0 Å². The van der Waals surface area contributed by atoms with Crippen molar-refractivity contribution in [3.05, 3.63) is 108 Å². The molecule has 3 aromatic rings. The van der Waals surface area contributed by atoms with Crippen molar-refractivity contribution in [2.45, 2.75) is 70.1 Å². The second kappa shape index (κ2) is 11.4. The van der Waals surface area contributed by atoms with E-state index in [1.165, 1.54) is 0 Å². The van der Waals surface area contributed by atoms with Gasteiger partial charge in [0.2, 0.25) is 0 Å². The minimum Gasteiger partial charge on any atom is -0.461 e. The van der Waals surface area contributed by atoms with Crippen molar-refractivity contribution >= 4 is 11.8 Å². The molecule has 1 heterocycles. The molecule has 0 radical (unpaired) electrons. The summed E-state index contributed by atoms with van der Waals surface area (Å²) < 4.78 is 5.81. The highest BCUT2D eigenvalue weighted by Gasteiger charge is 2.47. The summed E-state index contributed by atoms with van der Waals surface area (Å²) in [5, 5.41) is 2.02. The standard InChI is InChI=1S/C32H37NO4/c1-31(2)21-28(34)22-32(3,4)33(31)37-29(25-16-10-6-11-17-25)20-27(24-14-8-5-9-15-24)23-36-30(35)26-18-12-7-13-19-26/h5-19,27,29H,20-23H2,1-4H3. The zero-order chi connectivity index (χ0) is 26.5. The van der Waals surface area contributed by atoms with Gasteiger partial charge in [0.1, 0.15) is 11.9 Å². The van der Waals surface area contributed by atoms with Crippen LogP contribution in [0.2, 0.25) is 0 Å². The first-order valence-corrected chi connectivity index (χ1v) is 13.0. The van der Waals surface area contributed by atoms with Crippen molar-refractivity contribution in [2.75, 3.05) is 6.61 Å². The Morgan fingerprint density at radius 1 is 0.784 bits per heavy atom. The number of carbonyl (C=O) groups excluding carboxylic acids is 2. The Bertz CT molecular complexity index is 1160. The van der Waals surface area contributed by atoms with Crippen molar-refractivity contribution in [2.24, 2.45) is 0 Å². The fraction of sp³-hybridized carbons (Fsp3) is 0.375. The van der Waals surface area contributed by atoms with Gasteiger partial charge in [-0.15, -0.1) is 0 Å². The average molecular weight is 500 g/mol. The van der Waals surface area contributed by atoms with Gasteiger partial charge in [0.15, 0.2) is 0 Å². The number of benzene rings is 3. The predicted octanol–water partition coefficient (Wildman–Crippen LogP) is 6.91. The molecule has 1 aliphatic heterocycles. The Labute approximate surface area is 220 Å². The normalized spacial score (nSPS) is 18.6. The van der Waals surface area contributed by atoms with E-state index in [0.29, 0.717) is 24.8 Å². The van der Waals surface area contributed by atoms with E-state index in [1.54, 1.807) is 12.1 Å². The highest BCUT2D eigenvalue weighted by Crippen LogP contribution is 2.41. The summed E-state index contributed by atoms with van der Waals surface area (Å²) in [6.45, 7) is 8.47. The van der Waals surface area contributed by atoms with E-state index >= 15 is 0 Å². The van der Waals surface area contributed by atoms with Gasteiger partial charge in [-0.2, -0.15) is 5.06 Å². The Hall–Kier alpha value is -3.28.